The highest BCUT2D eigenvalue weighted by atomic mass is 16.5. The summed E-state index contributed by atoms with van der Waals surface area (Å²) in [4.78, 5) is 0. The maximum atomic E-state index is 5.64. The molecule has 1 saturated heterocycles. The smallest absolute Gasteiger partial charge is 0.204 e. The summed E-state index contributed by atoms with van der Waals surface area (Å²) in [5.74, 6) is 1.13. The molecule has 3 heteroatoms. The van der Waals surface area contributed by atoms with Gasteiger partial charge in [0.05, 0.1) is 6.61 Å². The molecule has 2 rings (SSSR count). The van der Waals surface area contributed by atoms with Gasteiger partial charge in [0.25, 0.3) is 0 Å². The van der Waals surface area contributed by atoms with Crippen LogP contribution in [0.5, 0.6) is 0 Å². The summed E-state index contributed by atoms with van der Waals surface area (Å²) < 4.78 is 5.64. The van der Waals surface area contributed by atoms with Crippen LogP contribution in [0.25, 0.3) is 0 Å². The third kappa shape index (κ3) is 1.08. The van der Waals surface area contributed by atoms with Crippen LogP contribution in [0.15, 0.2) is 11.5 Å². The summed E-state index contributed by atoms with van der Waals surface area (Å²) in [6, 6.07) is 0. The van der Waals surface area contributed by atoms with Crippen molar-refractivity contribution in [3.8, 4) is 0 Å². The lowest BCUT2D eigenvalue weighted by atomic mass is 10.2. The summed E-state index contributed by atoms with van der Waals surface area (Å²) >= 11 is 0. The highest BCUT2D eigenvalue weighted by Crippen LogP contribution is 2.27. The lowest BCUT2D eigenvalue weighted by Crippen LogP contribution is -2.38. The van der Waals surface area contributed by atoms with E-state index in [4.69, 9.17) is 4.74 Å². The first kappa shape index (κ1) is 7.92. The van der Waals surface area contributed by atoms with Crippen LogP contribution in [0.4, 0.5) is 0 Å². The van der Waals surface area contributed by atoms with Gasteiger partial charge in [-0.05, 0) is 6.42 Å². The fraction of sp³-hybridized carbons (Fsp3) is 0.778. The van der Waals surface area contributed by atoms with Gasteiger partial charge in [-0.2, -0.15) is 0 Å². The maximum Gasteiger partial charge on any atom is 0.204 e. The highest BCUT2D eigenvalue weighted by Gasteiger charge is 2.29. The molecule has 0 aromatic carbocycles. The standard InChI is InChI=1S/C9H16N2O/c1-3-8-7-10(2)11-5-4-6-12-9(8)11/h3-7H2,1-2H3. The van der Waals surface area contributed by atoms with Crippen molar-refractivity contribution in [3.63, 3.8) is 0 Å². The second-order valence-corrected chi connectivity index (χ2v) is 3.40. The summed E-state index contributed by atoms with van der Waals surface area (Å²) in [7, 11) is 2.12. The minimum atomic E-state index is 0.892. The summed E-state index contributed by atoms with van der Waals surface area (Å²) in [5, 5.41) is 4.50. The fourth-order valence-electron chi connectivity index (χ4n) is 1.86. The molecule has 0 N–H and O–H groups in total. The molecule has 2 heterocycles. The van der Waals surface area contributed by atoms with Gasteiger partial charge in [-0.25, -0.2) is 5.01 Å². The molecule has 0 amide bonds. The van der Waals surface area contributed by atoms with Crippen LogP contribution in [0.3, 0.4) is 0 Å². The Morgan fingerprint density at radius 1 is 1.50 bits per heavy atom. The zero-order chi connectivity index (χ0) is 8.55. The van der Waals surface area contributed by atoms with Gasteiger partial charge in [0.2, 0.25) is 5.88 Å². The topological polar surface area (TPSA) is 15.7 Å². The first-order valence-electron chi connectivity index (χ1n) is 4.66. The van der Waals surface area contributed by atoms with Crippen LogP contribution in [0.1, 0.15) is 19.8 Å². The van der Waals surface area contributed by atoms with Crippen LogP contribution >= 0.6 is 0 Å². The van der Waals surface area contributed by atoms with Crippen molar-refractivity contribution >= 4 is 0 Å². The van der Waals surface area contributed by atoms with Crippen molar-refractivity contribution in [1.82, 2.24) is 10.0 Å². The molecule has 1 fully saturated rings. The number of likely N-dealkylation sites (N-methyl/N-ethyl adjacent to an activating group) is 1. The summed E-state index contributed by atoms with van der Waals surface area (Å²) in [5.41, 5.74) is 1.44. The predicted molar refractivity (Wildman–Crippen MR) is 47.2 cm³/mol. The van der Waals surface area contributed by atoms with Crippen molar-refractivity contribution in [2.24, 2.45) is 0 Å². The van der Waals surface area contributed by atoms with E-state index in [0.717, 1.165) is 38.4 Å². The van der Waals surface area contributed by atoms with E-state index in [1.807, 2.05) is 0 Å². The van der Waals surface area contributed by atoms with E-state index in [9.17, 15) is 0 Å². The van der Waals surface area contributed by atoms with Crippen molar-refractivity contribution < 1.29 is 4.74 Å². The van der Waals surface area contributed by atoms with Crippen LogP contribution < -0.4 is 0 Å². The largest absolute Gasteiger partial charge is 0.478 e. The monoisotopic (exact) mass is 168 g/mol. The Morgan fingerprint density at radius 3 is 3.08 bits per heavy atom. The van der Waals surface area contributed by atoms with E-state index in [1.165, 1.54) is 5.57 Å². The van der Waals surface area contributed by atoms with E-state index in [1.54, 1.807) is 0 Å². The Kier molecular flexibility index (Phi) is 1.97. The molecule has 12 heavy (non-hydrogen) atoms. The zero-order valence-corrected chi connectivity index (χ0v) is 7.84. The number of hydrogen-bond donors (Lipinski definition) is 0. The summed E-state index contributed by atoms with van der Waals surface area (Å²) in [6.45, 7) is 5.25. The molecule has 0 aromatic heterocycles. The van der Waals surface area contributed by atoms with E-state index < -0.39 is 0 Å². The number of nitrogens with zero attached hydrogens (tertiary/aromatic N) is 2. The van der Waals surface area contributed by atoms with E-state index in [0.29, 0.717) is 0 Å². The molecule has 2 aliphatic heterocycles. The lowest BCUT2D eigenvalue weighted by molar-refractivity contribution is -0.0359. The first-order chi connectivity index (χ1) is 5.83. The molecule has 3 nitrogen and oxygen atoms in total. The van der Waals surface area contributed by atoms with Gasteiger partial charge in [-0.3, -0.25) is 5.01 Å². The van der Waals surface area contributed by atoms with Gasteiger partial charge in [0, 0.05) is 32.1 Å². The van der Waals surface area contributed by atoms with Gasteiger partial charge in [0.1, 0.15) is 0 Å². The number of hydrogen-bond acceptors (Lipinski definition) is 3. The minimum absolute atomic E-state index is 0.892. The molecule has 2 aliphatic rings. The van der Waals surface area contributed by atoms with Crippen LogP contribution in [-0.2, 0) is 4.74 Å². The lowest BCUT2D eigenvalue weighted by Gasteiger charge is -2.32. The molecule has 0 aromatic rings. The molecule has 0 bridgehead atoms. The molecule has 0 saturated carbocycles. The van der Waals surface area contributed by atoms with Crippen LogP contribution in [0.2, 0.25) is 0 Å². The van der Waals surface area contributed by atoms with Gasteiger partial charge in [-0.1, -0.05) is 6.92 Å². The fourth-order valence-corrected chi connectivity index (χ4v) is 1.86. The van der Waals surface area contributed by atoms with Gasteiger partial charge < -0.3 is 4.74 Å². The van der Waals surface area contributed by atoms with Crippen LogP contribution in [-0.4, -0.2) is 36.8 Å². The zero-order valence-electron chi connectivity index (χ0n) is 7.84. The maximum absolute atomic E-state index is 5.64. The number of hydrazine groups is 1. The number of ether oxygens (including phenoxy) is 1. The minimum Gasteiger partial charge on any atom is -0.478 e. The van der Waals surface area contributed by atoms with E-state index in [-0.39, 0.29) is 0 Å². The van der Waals surface area contributed by atoms with E-state index >= 15 is 0 Å². The first-order valence-corrected chi connectivity index (χ1v) is 4.66. The molecule has 0 radical (unpaired) electrons. The third-order valence-electron chi connectivity index (χ3n) is 2.55. The Morgan fingerprint density at radius 2 is 2.33 bits per heavy atom. The Hall–Kier alpha value is -0.700. The SMILES string of the molecule is CCC1=C2OCCCN2N(C)C1. The highest BCUT2D eigenvalue weighted by molar-refractivity contribution is 5.14. The molecule has 0 aliphatic carbocycles. The van der Waals surface area contributed by atoms with E-state index in [2.05, 4.69) is 24.0 Å². The van der Waals surface area contributed by atoms with Crippen molar-refractivity contribution in [1.29, 1.82) is 0 Å². The molecule has 0 atom stereocenters. The van der Waals surface area contributed by atoms with Crippen molar-refractivity contribution in [3.05, 3.63) is 11.5 Å². The van der Waals surface area contributed by atoms with Gasteiger partial charge in [-0.15, -0.1) is 0 Å². The molecule has 0 spiro atoms. The Bertz CT molecular complexity index is 213. The third-order valence-corrected chi connectivity index (χ3v) is 2.55. The second kappa shape index (κ2) is 2.98. The van der Waals surface area contributed by atoms with Crippen molar-refractivity contribution in [2.75, 3.05) is 26.7 Å². The second-order valence-electron chi connectivity index (χ2n) is 3.40. The Labute approximate surface area is 73.6 Å². The molecule has 68 valence electrons. The molecular formula is C9H16N2O. The predicted octanol–water partition coefficient (Wildman–Crippen LogP) is 1.19. The van der Waals surface area contributed by atoms with Gasteiger partial charge in [0.15, 0.2) is 0 Å². The average Bonchev–Trinajstić information content (AvgIpc) is 2.44. The average molecular weight is 168 g/mol. The van der Waals surface area contributed by atoms with Gasteiger partial charge >= 0.3 is 0 Å². The Balaban J connectivity index is 2.20. The van der Waals surface area contributed by atoms with Crippen LogP contribution in [0, 0.1) is 0 Å². The van der Waals surface area contributed by atoms with Crippen molar-refractivity contribution in [2.45, 2.75) is 19.8 Å². The summed E-state index contributed by atoms with van der Waals surface area (Å²) in [6.07, 6.45) is 2.25. The normalized spacial score (nSPS) is 24.3. The number of fused-ring (bicyclic) bond motifs is 1. The molecule has 0 unspecified atom stereocenters. The number of rotatable bonds is 1. The quantitative estimate of drug-likeness (QED) is 0.585. The molecular weight excluding hydrogens is 152 g/mol.